The minimum Gasteiger partial charge on any atom is -0.368 e. The first-order chi connectivity index (χ1) is 6.04. The lowest BCUT2D eigenvalue weighted by Crippen LogP contribution is -2.58. The van der Waals surface area contributed by atoms with Crippen LogP contribution < -0.4 is 16.4 Å². The highest BCUT2D eigenvalue weighted by molar-refractivity contribution is 5.89. The van der Waals surface area contributed by atoms with Gasteiger partial charge in [0.05, 0.1) is 0 Å². The molecule has 0 aromatic carbocycles. The van der Waals surface area contributed by atoms with Crippen molar-refractivity contribution >= 4 is 11.9 Å². The van der Waals surface area contributed by atoms with Crippen molar-refractivity contribution in [2.45, 2.75) is 45.7 Å². The number of urea groups is 1. The Bertz CT molecular complexity index is 241. The third-order valence-electron chi connectivity index (χ3n) is 1.53. The minimum absolute atomic E-state index is 0.336. The summed E-state index contributed by atoms with van der Waals surface area (Å²) in [5, 5.41) is 5.16. The number of hydrogen-bond donors (Lipinski definition) is 3. The fraction of sp³-hybridized carbons (Fsp3) is 0.778. The largest absolute Gasteiger partial charge is 0.368 e. The molecule has 0 saturated carbocycles. The Balaban J connectivity index is 4.27. The molecule has 5 heteroatoms. The number of hydrogen-bond acceptors (Lipinski definition) is 2. The molecule has 0 aromatic rings. The van der Waals surface area contributed by atoms with Gasteiger partial charge in [0.2, 0.25) is 5.91 Å². The van der Waals surface area contributed by atoms with Crippen LogP contribution >= 0.6 is 0 Å². The van der Waals surface area contributed by atoms with Crippen LogP contribution in [0.2, 0.25) is 0 Å². The molecule has 0 fully saturated rings. The molecule has 0 saturated heterocycles. The maximum Gasteiger partial charge on any atom is 0.316 e. The molecular formula is C9H19N3O2. The number of nitrogens with one attached hydrogen (secondary N) is 2. The van der Waals surface area contributed by atoms with Crippen molar-refractivity contribution in [1.82, 2.24) is 10.6 Å². The predicted octanol–water partition coefficient (Wildman–Crippen LogP) is 0.348. The lowest BCUT2D eigenvalue weighted by atomic mass is 10.1. The van der Waals surface area contributed by atoms with Crippen molar-refractivity contribution in [1.29, 1.82) is 0 Å². The summed E-state index contributed by atoms with van der Waals surface area (Å²) in [6.45, 7) is 8.66. The summed E-state index contributed by atoms with van der Waals surface area (Å²) in [6.07, 6.45) is 0. The van der Waals surface area contributed by atoms with E-state index >= 15 is 0 Å². The first-order valence-corrected chi connectivity index (χ1v) is 4.45. The molecule has 82 valence electrons. The van der Waals surface area contributed by atoms with Gasteiger partial charge >= 0.3 is 6.03 Å². The van der Waals surface area contributed by atoms with Crippen molar-refractivity contribution in [3.05, 3.63) is 0 Å². The predicted molar refractivity (Wildman–Crippen MR) is 54.7 cm³/mol. The standard InChI is InChI=1S/C9H19N3O2/c1-8(2,3)11-7(14)12-9(4,5)6(10)13/h1-5H3,(H2,10,13)(H2,11,12,14). The number of nitrogens with two attached hydrogens (primary N) is 1. The second kappa shape index (κ2) is 3.86. The van der Waals surface area contributed by atoms with Gasteiger partial charge in [-0.25, -0.2) is 4.79 Å². The van der Waals surface area contributed by atoms with E-state index in [2.05, 4.69) is 10.6 Å². The van der Waals surface area contributed by atoms with Gasteiger partial charge in [0.25, 0.3) is 0 Å². The summed E-state index contributed by atoms with van der Waals surface area (Å²) in [6, 6.07) is -0.402. The molecule has 0 aromatic heterocycles. The Labute approximate surface area is 84.4 Å². The molecule has 3 amide bonds. The van der Waals surface area contributed by atoms with Gasteiger partial charge < -0.3 is 16.4 Å². The number of carbonyl (C=O) groups excluding carboxylic acids is 2. The van der Waals surface area contributed by atoms with Gasteiger partial charge in [-0.1, -0.05) is 0 Å². The molecule has 0 aliphatic heterocycles. The van der Waals surface area contributed by atoms with Gasteiger partial charge in [-0.15, -0.1) is 0 Å². The molecule has 14 heavy (non-hydrogen) atoms. The van der Waals surface area contributed by atoms with Crippen LogP contribution in [-0.4, -0.2) is 23.0 Å². The van der Waals surface area contributed by atoms with Crippen molar-refractivity contribution in [3.8, 4) is 0 Å². The first-order valence-electron chi connectivity index (χ1n) is 4.45. The molecule has 0 rings (SSSR count). The Morgan fingerprint density at radius 2 is 1.43 bits per heavy atom. The quantitative estimate of drug-likeness (QED) is 0.602. The molecule has 0 atom stereocenters. The molecule has 0 radical (unpaired) electrons. The lowest BCUT2D eigenvalue weighted by molar-refractivity contribution is -0.122. The number of primary amides is 1. The fourth-order valence-electron chi connectivity index (χ4n) is 0.717. The van der Waals surface area contributed by atoms with E-state index in [4.69, 9.17) is 5.73 Å². The smallest absolute Gasteiger partial charge is 0.316 e. The molecule has 0 spiro atoms. The Kier molecular flexibility index (Phi) is 3.51. The number of rotatable bonds is 2. The van der Waals surface area contributed by atoms with E-state index < -0.39 is 17.5 Å². The van der Waals surface area contributed by atoms with Gasteiger partial charge in [-0.05, 0) is 34.6 Å². The van der Waals surface area contributed by atoms with Gasteiger partial charge in [-0.3, -0.25) is 4.79 Å². The molecular weight excluding hydrogens is 182 g/mol. The van der Waals surface area contributed by atoms with E-state index in [-0.39, 0.29) is 5.54 Å². The van der Waals surface area contributed by atoms with Crippen LogP contribution in [0.5, 0.6) is 0 Å². The lowest BCUT2D eigenvalue weighted by Gasteiger charge is -2.26. The monoisotopic (exact) mass is 201 g/mol. The Hall–Kier alpha value is -1.26. The maximum absolute atomic E-state index is 11.3. The van der Waals surface area contributed by atoms with E-state index in [9.17, 15) is 9.59 Å². The van der Waals surface area contributed by atoms with Crippen molar-refractivity contribution in [2.75, 3.05) is 0 Å². The van der Waals surface area contributed by atoms with Gasteiger partial charge in [0.15, 0.2) is 0 Å². The van der Waals surface area contributed by atoms with Crippen molar-refractivity contribution in [3.63, 3.8) is 0 Å². The highest BCUT2D eigenvalue weighted by atomic mass is 16.2. The molecule has 5 nitrogen and oxygen atoms in total. The second-order valence-electron chi connectivity index (χ2n) is 4.82. The molecule has 0 aliphatic carbocycles. The minimum atomic E-state index is -1.03. The summed E-state index contributed by atoms with van der Waals surface area (Å²) in [4.78, 5) is 22.3. The number of carbonyl (C=O) groups is 2. The van der Waals surface area contributed by atoms with Crippen molar-refractivity contribution < 1.29 is 9.59 Å². The zero-order valence-electron chi connectivity index (χ0n) is 9.39. The molecule has 0 unspecified atom stereocenters. The van der Waals surface area contributed by atoms with Crippen LogP contribution in [-0.2, 0) is 4.79 Å². The summed E-state index contributed by atoms with van der Waals surface area (Å²) < 4.78 is 0. The second-order valence-corrected chi connectivity index (χ2v) is 4.82. The summed E-state index contributed by atoms with van der Waals surface area (Å²) in [7, 11) is 0. The third-order valence-corrected chi connectivity index (χ3v) is 1.53. The zero-order chi connectivity index (χ0) is 11.6. The molecule has 0 heterocycles. The summed E-state index contributed by atoms with van der Waals surface area (Å²) in [5.74, 6) is -0.568. The summed E-state index contributed by atoms with van der Waals surface area (Å²) in [5.41, 5.74) is 3.73. The first kappa shape index (κ1) is 12.7. The van der Waals surface area contributed by atoms with Gasteiger partial charge in [0.1, 0.15) is 5.54 Å². The van der Waals surface area contributed by atoms with Gasteiger partial charge in [0, 0.05) is 5.54 Å². The van der Waals surface area contributed by atoms with Crippen LogP contribution in [0.1, 0.15) is 34.6 Å². The number of amides is 3. The van der Waals surface area contributed by atoms with Crippen LogP contribution in [0, 0.1) is 0 Å². The van der Waals surface area contributed by atoms with Crippen molar-refractivity contribution in [2.24, 2.45) is 5.73 Å². The Morgan fingerprint density at radius 3 is 1.71 bits per heavy atom. The molecule has 0 bridgehead atoms. The fourth-order valence-corrected chi connectivity index (χ4v) is 0.717. The topological polar surface area (TPSA) is 84.2 Å². The van der Waals surface area contributed by atoms with Crippen LogP contribution in [0.15, 0.2) is 0 Å². The van der Waals surface area contributed by atoms with E-state index in [0.717, 1.165) is 0 Å². The normalized spacial score (nSPS) is 12.1. The van der Waals surface area contributed by atoms with Gasteiger partial charge in [-0.2, -0.15) is 0 Å². The van der Waals surface area contributed by atoms with E-state index in [0.29, 0.717) is 0 Å². The zero-order valence-corrected chi connectivity index (χ0v) is 9.39. The average molecular weight is 201 g/mol. The van der Waals surface area contributed by atoms with Crippen LogP contribution in [0.25, 0.3) is 0 Å². The molecule has 0 aliphatic rings. The van der Waals surface area contributed by atoms with E-state index in [1.165, 1.54) is 0 Å². The average Bonchev–Trinajstić information content (AvgIpc) is 1.79. The molecule has 4 N–H and O–H groups in total. The SMILES string of the molecule is CC(C)(C)NC(=O)NC(C)(C)C(N)=O. The maximum atomic E-state index is 11.3. The summed E-state index contributed by atoms with van der Waals surface area (Å²) >= 11 is 0. The van der Waals surface area contributed by atoms with Crippen LogP contribution in [0.3, 0.4) is 0 Å². The highest BCUT2D eigenvalue weighted by Crippen LogP contribution is 2.02. The Morgan fingerprint density at radius 1 is 1.00 bits per heavy atom. The van der Waals surface area contributed by atoms with E-state index in [1.54, 1.807) is 13.8 Å². The van der Waals surface area contributed by atoms with E-state index in [1.807, 2.05) is 20.8 Å². The highest BCUT2D eigenvalue weighted by Gasteiger charge is 2.27. The van der Waals surface area contributed by atoms with Crippen LogP contribution in [0.4, 0.5) is 4.79 Å². The third kappa shape index (κ3) is 4.69.